The molecule has 4 aliphatic heterocycles. The molecular formula is C54H53BClN9O10. The minimum atomic E-state index is -1.09. The van der Waals surface area contributed by atoms with Crippen molar-refractivity contribution in [2.45, 2.75) is 89.1 Å². The van der Waals surface area contributed by atoms with E-state index in [0.29, 0.717) is 77.1 Å². The number of fused-ring (bicyclic) bond motifs is 9. The van der Waals surface area contributed by atoms with Gasteiger partial charge in [-0.1, -0.05) is 48.0 Å². The number of hydrogen-bond donors (Lipinski definition) is 4. The number of hydrogen-bond acceptors (Lipinski definition) is 13. The van der Waals surface area contributed by atoms with Gasteiger partial charge in [-0.25, -0.2) is 0 Å². The Kier molecular flexibility index (Phi) is 13.7. The van der Waals surface area contributed by atoms with E-state index in [0.717, 1.165) is 34.6 Å². The highest BCUT2D eigenvalue weighted by Crippen LogP contribution is 2.53. The van der Waals surface area contributed by atoms with E-state index >= 15 is 0 Å². The number of aromatic nitrogens is 3. The Bertz CT molecular complexity index is 3200. The van der Waals surface area contributed by atoms with Crippen LogP contribution in [0.4, 0.5) is 0 Å². The molecule has 384 valence electrons. The van der Waals surface area contributed by atoms with Crippen molar-refractivity contribution >= 4 is 71.2 Å². The van der Waals surface area contributed by atoms with E-state index in [-0.39, 0.29) is 84.6 Å². The van der Waals surface area contributed by atoms with Crippen LogP contribution in [-0.4, -0.2) is 112 Å². The summed E-state index contributed by atoms with van der Waals surface area (Å²) in [5.41, 5.74) is 5.08. The fourth-order valence-corrected chi connectivity index (χ4v) is 11.8. The Morgan fingerprint density at radius 2 is 1.64 bits per heavy atom. The number of benzene rings is 4. The van der Waals surface area contributed by atoms with Gasteiger partial charge in [-0.2, -0.15) is 0 Å². The lowest BCUT2D eigenvalue weighted by Crippen LogP contribution is -2.54. The van der Waals surface area contributed by atoms with Crippen LogP contribution >= 0.6 is 11.6 Å². The van der Waals surface area contributed by atoms with Crippen molar-refractivity contribution in [1.82, 2.24) is 40.9 Å². The lowest BCUT2D eigenvalue weighted by Gasteiger charge is -2.29. The predicted octanol–water partition coefficient (Wildman–Crippen LogP) is 4.09. The summed E-state index contributed by atoms with van der Waals surface area (Å²) in [5.74, 6) is -1.43. The Hall–Kier alpha value is -7.55. The standard InChI is InChI=1S/C54H53BClN9O10/c1-28-62-63-49-40(60-46(29-12-14-34(56)15-13-29)39-25-35(73-2)16-17-41(39)64(28)49)26-44(67)57-20-4-3-5-21-58-50(68)30-8-6-10-33(22-30)55-74-47-32-23-37(48(47)75-55)38(24-32)51(69)59-27-31-9-7-11-36-45(31)54(72)65(53(36)71)42-18-19-43(66)61-52(42)70/h6-17,22,25,32,37-38,40,42,47-48H,3-5,18-21,23-24,26-27H2,1-2H3,(H,57,67)(H,58,68)(H,59,69)(H,61,66,70)/t32-,37+,38?,40-,42?,47-,48+/m0/s1. The molecule has 6 aliphatic rings. The van der Waals surface area contributed by atoms with Gasteiger partial charge in [0.15, 0.2) is 5.82 Å². The average Bonchev–Trinajstić information content (AvgIpc) is 4.24. The lowest BCUT2D eigenvalue weighted by molar-refractivity contribution is -0.136. The molecular weight excluding hydrogens is 981 g/mol. The van der Waals surface area contributed by atoms with Crippen LogP contribution in [0.25, 0.3) is 5.69 Å². The number of imide groups is 2. The topological polar surface area (TPSA) is 242 Å². The first kappa shape index (κ1) is 49.7. The zero-order valence-electron chi connectivity index (χ0n) is 41.2. The van der Waals surface area contributed by atoms with E-state index in [9.17, 15) is 33.6 Å². The van der Waals surface area contributed by atoms with Crippen LogP contribution in [0.15, 0.2) is 89.9 Å². The number of carbonyl (C=O) groups is 7. The maximum absolute atomic E-state index is 13.8. The molecule has 0 radical (unpaired) electrons. The third kappa shape index (κ3) is 9.50. The van der Waals surface area contributed by atoms with Crippen LogP contribution in [0.2, 0.25) is 5.02 Å². The van der Waals surface area contributed by atoms with Gasteiger partial charge in [-0.3, -0.25) is 53.3 Å². The molecule has 7 atom stereocenters. The number of rotatable bonds is 16. The minimum absolute atomic E-state index is 0.00455. The maximum Gasteiger partial charge on any atom is 0.494 e. The monoisotopic (exact) mass is 1030 g/mol. The van der Waals surface area contributed by atoms with Crippen molar-refractivity contribution in [3.05, 3.63) is 135 Å². The Morgan fingerprint density at radius 3 is 2.44 bits per heavy atom. The number of aliphatic imine (C=N–C) groups is 1. The van der Waals surface area contributed by atoms with E-state index < -0.39 is 42.8 Å². The molecule has 75 heavy (non-hydrogen) atoms. The molecule has 4 N–H and O–H groups in total. The van der Waals surface area contributed by atoms with Crippen molar-refractivity contribution in [3.63, 3.8) is 0 Å². The maximum atomic E-state index is 13.8. The number of nitrogens with one attached hydrogen (secondary N) is 4. The summed E-state index contributed by atoms with van der Waals surface area (Å²) in [7, 11) is 0.903. The smallest absolute Gasteiger partial charge is 0.494 e. The van der Waals surface area contributed by atoms with Gasteiger partial charge in [-0.05, 0) is 117 Å². The Morgan fingerprint density at radius 1 is 0.853 bits per heavy atom. The molecule has 5 heterocycles. The van der Waals surface area contributed by atoms with Crippen molar-refractivity contribution in [2.75, 3.05) is 20.2 Å². The molecule has 0 spiro atoms. The molecule has 4 fully saturated rings. The van der Waals surface area contributed by atoms with Gasteiger partial charge in [0.25, 0.3) is 17.7 Å². The van der Waals surface area contributed by atoms with E-state index in [2.05, 4.69) is 31.5 Å². The molecule has 5 aromatic rings. The van der Waals surface area contributed by atoms with Gasteiger partial charge < -0.3 is 30.0 Å². The van der Waals surface area contributed by atoms with Gasteiger partial charge in [0.05, 0.1) is 48.3 Å². The number of nitrogens with zero attached hydrogens (tertiary/aromatic N) is 5. The zero-order valence-corrected chi connectivity index (χ0v) is 41.9. The minimum Gasteiger partial charge on any atom is -0.497 e. The predicted molar refractivity (Wildman–Crippen MR) is 273 cm³/mol. The highest BCUT2D eigenvalue weighted by Gasteiger charge is 2.61. The molecule has 1 aromatic heterocycles. The normalized spacial score (nSPS) is 23.2. The van der Waals surface area contributed by atoms with Crippen molar-refractivity contribution < 1.29 is 47.6 Å². The summed E-state index contributed by atoms with van der Waals surface area (Å²) >= 11 is 6.25. The van der Waals surface area contributed by atoms with Crippen molar-refractivity contribution in [1.29, 1.82) is 0 Å². The first-order chi connectivity index (χ1) is 36.3. The van der Waals surface area contributed by atoms with Crippen LogP contribution in [0, 0.1) is 24.7 Å². The summed E-state index contributed by atoms with van der Waals surface area (Å²) < 4.78 is 20.5. The number of halogens is 1. The quantitative estimate of drug-likeness (QED) is 0.0621. The molecule has 2 saturated heterocycles. The third-order valence-corrected chi connectivity index (χ3v) is 15.5. The van der Waals surface area contributed by atoms with E-state index in [4.69, 9.17) is 30.6 Å². The van der Waals surface area contributed by atoms with Crippen LogP contribution in [0.5, 0.6) is 5.75 Å². The first-order valence-corrected chi connectivity index (χ1v) is 25.7. The average molecular weight is 1030 g/mol. The molecule has 11 rings (SSSR count). The number of carbonyl (C=O) groups excluding carboxylic acids is 7. The molecule has 21 heteroatoms. The van der Waals surface area contributed by atoms with Gasteiger partial charge in [0, 0.05) is 53.7 Å². The second kappa shape index (κ2) is 20.6. The molecule has 19 nitrogen and oxygen atoms in total. The number of ether oxygens (including phenoxy) is 1. The fourth-order valence-electron chi connectivity index (χ4n) is 11.7. The number of amides is 7. The third-order valence-electron chi connectivity index (χ3n) is 15.3. The van der Waals surface area contributed by atoms with E-state index in [1.165, 1.54) is 6.07 Å². The number of aryl methyl sites for hydroxylation is 1. The SMILES string of the molecule is COc1ccc2c(c1)C(c1ccc(Cl)cc1)=N[C@@H](CC(=O)NCCCCCNC(=O)c1cccc(B3O[C@H]4[C@@H]5CC(C(=O)NCc6cccc7c6C(=O)N(C6CCC(=O)NC6=O)C7=O)[C@@H](C5)[C@H]4O3)c1)c1nnc(C)n1-2. The molecule has 2 unspecified atom stereocenters. The zero-order chi connectivity index (χ0) is 52.1. The molecule has 2 bridgehead atoms. The fraction of sp³-hybridized carbons (Fsp3) is 0.370. The van der Waals surface area contributed by atoms with Gasteiger partial charge in [0.2, 0.25) is 23.6 Å². The number of methoxy groups -OCH3 is 1. The van der Waals surface area contributed by atoms with Crippen LogP contribution in [-0.2, 0) is 35.0 Å². The number of piperidine rings is 1. The summed E-state index contributed by atoms with van der Waals surface area (Å²) in [6, 6.07) is 23.4. The first-order valence-electron chi connectivity index (χ1n) is 25.4. The second-order valence-corrected chi connectivity index (χ2v) is 20.3. The van der Waals surface area contributed by atoms with Gasteiger partial charge in [0.1, 0.15) is 23.7 Å². The Labute approximate surface area is 436 Å². The van der Waals surface area contributed by atoms with E-state index in [1.807, 2.05) is 47.9 Å². The Balaban J connectivity index is 0.637. The highest BCUT2D eigenvalue weighted by atomic mass is 35.5. The second-order valence-electron chi connectivity index (χ2n) is 19.9. The highest BCUT2D eigenvalue weighted by molar-refractivity contribution is 6.62. The summed E-state index contributed by atoms with van der Waals surface area (Å²) in [4.78, 5) is 97.8. The van der Waals surface area contributed by atoms with Crippen LogP contribution in [0.1, 0.15) is 117 Å². The molecule has 7 amide bonds. The van der Waals surface area contributed by atoms with Gasteiger partial charge in [-0.15, -0.1) is 10.2 Å². The molecule has 2 saturated carbocycles. The summed E-state index contributed by atoms with van der Waals surface area (Å²) in [5, 5.41) is 20.7. The van der Waals surface area contributed by atoms with Crippen molar-refractivity contribution in [3.8, 4) is 11.4 Å². The summed E-state index contributed by atoms with van der Waals surface area (Å²) in [6.07, 6.45) is 3.15. The van der Waals surface area contributed by atoms with Crippen LogP contribution < -0.4 is 31.5 Å². The molecule has 2 aliphatic carbocycles. The lowest BCUT2D eigenvalue weighted by atomic mass is 9.78. The molecule has 4 aromatic carbocycles. The summed E-state index contributed by atoms with van der Waals surface area (Å²) in [6.45, 7) is 2.76. The van der Waals surface area contributed by atoms with Gasteiger partial charge >= 0.3 is 7.12 Å². The van der Waals surface area contributed by atoms with Crippen molar-refractivity contribution in [2.24, 2.45) is 22.7 Å². The van der Waals surface area contributed by atoms with E-state index in [1.54, 1.807) is 49.6 Å². The van der Waals surface area contributed by atoms with Crippen LogP contribution in [0.3, 0.4) is 0 Å². The number of unbranched alkanes of at least 4 members (excludes halogenated alkanes) is 2. The largest absolute Gasteiger partial charge is 0.497 e.